The average molecular weight is 203 g/mol. The van der Waals surface area contributed by atoms with Gasteiger partial charge in [0, 0.05) is 23.7 Å². The van der Waals surface area contributed by atoms with Crippen LogP contribution in [-0.4, -0.2) is 25.2 Å². The Hall–Kier alpha value is -0.0500. The molecule has 1 rings (SSSR count). The third-order valence-electron chi connectivity index (χ3n) is 2.44. The lowest BCUT2D eigenvalue weighted by Crippen LogP contribution is -2.34. The fourth-order valence-corrected chi connectivity index (χ4v) is 1.83. The number of hydrogen-bond acceptors (Lipinski definition) is 2. The molecular formula is C10H19ClN2. The normalized spacial score (nSPS) is 24.6. The molecule has 13 heavy (non-hydrogen) atoms. The Morgan fingerprint density at radius 3 is 3.08 bits per heavy atom. The van der Waals surface area contributed by atoms with Crippen LogP contribution in [0.15, 0.2) is 11.6 Å². The summed E-state index contributed by atoms with van der Waals surface area (Å²) in [7, 11) is 0. The van der Waals surface area contributed by atoms with E-state index >= 15 is 0 Å². The van der Waals surface area contributed by atoms with Crippen LogP contribution in [0.25, 0.3) is 0 Å². The molecule has 2 N–H and O–H groups in total. The van der Waals surface area contributed by atoms with E-state index in [1.54, 1.807) is 0 Å². The first-order chi connectivity index (χ1) is 6.18. The van der Waals surface area contributed by atoms with Gasteiger partial charge >= 0.3 is 0 Å². The Bertz CT molecular complexity index is 164. The van der Waals surface area contributed by atoms with Crippen molar-refractivity contribution < 1.29 is 0 Å². The van der Waals surface area contributed by atoms with E-state index in [9.17, 15) is 0 Å². The third kappa shape index (κ3) is 4.65. The zero-order chi connectivity index (χ0) is 9.68. The fraction of sp³-hybridized carbons (Fsp3) is 0.800. The summed E-state index contributed by atoms with van der Waals surface area (Å²) in [6.07, 6.45) is 3.82. The molecule has 2 atom stereocenters. The molecule has 0 aromatic rings. The monoisotopic (exact) mass is 202 g/mol. The summed E-state index contributed by atoms with van der Waals surface area (Å²) in [5.74, 6) is 0. The number of nitrogens with one attached hydrogen (secondary N) is 2. The van der Waals surface area contributed by atoms with Crippen LogP contribution in [0, 0.1) is 0 Å². The van der Waals surface area contributed by atoms with Gasteiger partial charge in [0.1, 0.15) is 0 Å². The summed E-state index contributed by atoms with van der Waals surface area (Å²) in [5.41, 5.74) is 0. The number of rotatable bonds is 5. The zero-order valence-corrected chi connectivity index (χ0v) is 9.03. The maximum Gasteiger partial charge on any atom is 0.0309 e. The Balaban J connectivity index is 2.09. The standard InChI is InChI=1S/C10H19ClN2/c1-8(11)7-13-9(2)6-10-4-3-5-12-10/h9-10,12-13H,1,3-7H2,2H3. The molecule has 1 heterocycles. The van der Waals surface area contributed by atoms with Gasteiger partial charge in [-0.15, -0.1) is 0 Å². The van der Waals surface area contributed by atoms with Gasteiger partial charge in [0.15, 0.2) is 0 Å². The summed E-state index contributed by atoms with van der Waals surface area (Å²) >= 11 is 5.67. The molecule has 1 fully saturated rings. The predicted molar refractivity (Wildman–Crippen MR) is 58.1 cm³/mol. The van der Waals surface area contributed by atoms with Gasteiger partial charge in [-0.3, -0.25) is 0 Å². The van der Waals surface area contributed by atoms with Crippen molar-refractivity contribution in [2.75, 3.05) is 13.1 Å². The van der Waals surface area contributed by atoms with E-state index < -0.39 is 0 Å². The van der Waals surface area contributed by atoms with E-state index in [2.05, 4.69) is 24.1 Å². The van der Waals surface area contributed by atoms with Crippen molar-refractivity contribution in [2.45, 2.75) is 38.3 Å². The van der Waals surface area contributed by atoms with Gasteiger partial charge in [0.25, 0.3) is 0 Å². The van der Waals surface area contributed by atoms with Crippen molar-refractivity contribution in [3.05, 3.63) is 11.6 Å². The van der Waals surface area contributed by atoms with Crippen LogP contribution in [0.5, 0.6) is 0 Å². The van der Waals surface area contributed by atoms with Gasteiger partial charge < -0.3 is 10.6 Å². The molecule has 1 aliphatic rings. The smallest absolute Gasteiger partial charge is 0.0309 e. The molecule has 0 spiro atoms. The van der Waals surface area contributed by atoms with E-state index in [0.717, 1.165) is 6.54 Å². The van der Waals surface area contributed by atoms with Crippen LogP contribution in [-0.2, 0) is 0 Å². The second kappa shape index (κ2) is 5.63. The van der Waals surface area contributed by atoms with Crippen molar-refractivity contribution in [3.63, 3.8) is 0 Å². The highest BCUT2D eigenvalue weighted by atomic mass is 35.5. The number of halogens is 1. The van der Waals surface area contributed by atoms with Crippen molar-refractivity contribution >= 4 is 11.6 Å². The zero-order valence-electron chi connectivity index (χ0n) is 8.28. The molecule has 0 aliphatic carbocycles. The molecule has 2 nitrogen and oxygen atoms in total. The van der Waals surface area contributed by atoms with Crippen LogP contribution in [0.1, 0.15) is 26.2 Å². The molecule has 1 saturated heterocycles. The van der Waals surface area contributed by atoms with Crippen molar-refractivity contribution in [2.24, 2.45) is 0 Å². The van der Waals surface area contributed by atoms with Gasteiger partial charge in [-0.1, -0.05) is 18.2 Å². The molecule has 0 bridgehead atoms. The summed E-state index contributed by atoms with van der Waals surface area (Å²) < 4.78 is 0. The van der Waals surface area contributed by atoms with E-state index in [-0.39, 0.29) is 0 Å². The molecule has 76 valence electrons. The first kappa shape index (κ1) is 11.0. The second-order valence-corrected chi connectivity index (χ2v) is 4.36. The second-order valence-electron chi connectivity index (χ2n) is 3.83. The Morgan fingerprint density at radius 2 is 2.54 bits per heavy atom. The molecule has 0 saturated carbocycles. The quantitative estimate of drug-likeness (QED) is 0.711. The third-order valence-corrected chi connectivity index (χ3v) is 2.58. The topological polar surface area (TPSA) is 24.1 Å². The van der Waals surface area contributed by atoms with Crippen LogP contribution >= 0.6 is 11.6 Å². The van der Waals surface area contributed by atoms with Gasteiger partial charge in [-0.05, 0) is 32.7 Å². The predicted octanol–water partition coefficient (Wildman–Crippen LogP) is 1.86. The molecule has 0 aromatic carbocycles. The van der Waals surface area contributed by atoms with Gasteiger partial charge in [0.05, 0.1) is 0 Å². The highest BCUT2D eigenvalue weighted by Gasteiger charge is 2.16. The summed E-state index contributed by atoms with van der Waals surface area (Å²) in [5, 5.41) is 7.50. The minimum absolute atomic E-state index is 0.520. The Kier molecular flexibility index (Phi) is 4.78. The molecular weight excluding hydrogens is 184 g/mol. The number of hydrogen-bond donors (Lipinski definition) is 2. The lowest BCUT2D eigenvalue weighted by molar-refractivity contribution is 0.453. The molecule has 3 heteroatoms. The lowest BCUT2D eigenvalue weighted by atomic mass is 10.1. The van der Waals surface area contributed by atoms with Crippen LogP contribution in [0.2, 0.25) is 0 Å². The maximum atomic E-state index is 5.67. The fourth-order valence-electron chi connectivity index (χ4n) is 1.75. The van der Waals surface area contributed by atoms with Crippen molar-refractivity contribution in [1.29, 1.82) is 0 Å². The molecule has 0 radical (unpaired) electrons. The molecule has 1 aliphatic heterocycles. The average Bonchev–Trinajstić information content (AvgIpc) is 2.53. The first-order valence-corrected chi connectivity index (χ1v) is 5.36. The van der Waals surface area contributed by atoms with Crippen molar-refractivity contribution in [3.8, 4) is 0 Å². The minimum Gasteiger partial charge on any atom is -0.314 e. The largest absolute Gasteiger partial charge is 0.314 e. The van der Waals surface area contributed by atoms with Crippen LogP contribution in [0.3, 0.4) is 0 Å². The summed E-state index contributed by atoms with van der Waals surface area (Å²) in [6.45, 7) is 7.74. The van der Waals surface area contributed by atoms with E-state index in [0.29, 0.717) is 17.1 Å². The Morgan fingerprint density at radius 1 is 1.77 bits per heavy atom. The first-order valence-electron chi connectivity index (χ1n) is 4.98. The summed E-state index contributed by atoms with van der Waals surface area (Å²) in [4.78, 5) is 0. The van der Waals surface area contributed by atoms with Gasteiger partial charge in [-0.2, -0.15) is 0 Å². The minimum atomic E-state index is 0.520. The summed E-state index contributed by atoms with van der Waals surface area (Å²) in [6, 6.07) is 1.22. The van der Waals surface area contributed by atoms with Gasteiger partial charge in [-0.25, -0.2) is 0 Å². The molecule has 0 amide bonds. The van der Waals surface area contributed by atoms with Crippen LogP contribution < -0.4 is 10.6 Å². The van der Waals surface area contributed by atoms with E-state index in [1.807, 2.05) is 0 Å². The van der Waals surface area contributed by atoms with Crippen LogP contribution in [0.4, 0.5) is 0 Å². The molecule has 0 aromatic heterocycles. The SMILES string of the molecule is C=C(Cl)CNC(C)CC1CCCN1. The highest BCUT2D eigenvalue weighted by molar-refractivity contribution is 6.29. The highest BCUT2D eigenvalue weighted by Crippen LogP contribution is 2.10. The van der Waals surface area contributed by atoms with Gasteiger partial charge in [0.2, 0.25) is 0 Å². The van der Waals surface area contributed by atoms with Crippen molar-refractivity contribution in [1.82, 2.24) is 10.6 Å². The van der Waals surface area contributed by atoms with E-state index in [4.69, 9.17) is 11.6 Å². The lowest BCUT2D eigenvalue weighted by Gasteiger charge is -2.17. The maximum absolute atomic E-state index is 5.67. The van der Waals surface area contributed by atoms with E-state index in [1.165, 1.54) is 25.8 Å². The molecule has 2 unspecified atom stereocenters. The Labute approximate surface area is 85.7 Å².